The van der Waals surface area contributed by atoms with Gasteiger partial charge in [0, 0.05) is 6.42 Å². The number of fused-ring (bicyclic) bond motifs is 1. The van der Waals surface area contributed by atoms with Crippen molar-refractivity contribution in [3.05, 3.63) is 0 Å². The van der Waals surface area contributed by atoms with Crippen LogP contribution in [-0.2, 0) is 19.4 Å². The molecule has 0 aliphatic carbocycles. The van der Waals surface area contributed by atoms with Crippen LogP contribution >= 0.6 is 0 Å². The summed E-state index contributed by atoms with van der Waals surface area (Å²) in [6.07, 6.45) is -2.26. The summed E-state index contributed by atoms with van der Waals surface area (Å²) in [5.74, 6) is -3.46. The molecular weight excluding hydrogens is 301 g/mol. The molecule has 0 aromatic rings. The summed E-state index contributed by atoms with van der Waals surface area (Å²) in [4.78, 5) is 23.7. The number of aliphatic hydroxyl groups excluding tert-OH is 1. The number of amides is 1. The summed E-state index contributed by atoms with van der Waals surface area (Å²) in [6.45, 7) is 2.45. The van der Waals surface area contributed by atoms with Gasteiger partial charge >= 0.3 is 29.6 Å². The normalized spacial score (nSPS) is 33.4. The number of rotatable bonds is 3. The van der Waals surface area contributed by atoms with Crippen molar-refractivity contribution < 1.29 is 62.9 Å². The van der Waals surface area contributed by atoms with Crippen molar-refractivity contribution in [3.63, 3.8) is 0 Å². The molecule has 0 unspecified atom stereocenters. The van der Waals surface area contributed by atoms with Crippen molar-refractivity contribution in [1.29, 1.82) is 0 Å². The van der Waals surface area contributed by atoms with E-state index in [1.165, 1.54) is 13.8 Å². The summed E-state index contributed by atoms with van der Waals surface area (Å²) in [5.41, 5.74) is 0. The first-order chi connectivity index (χ1) is 8.53. The number of nitrogens with zero attached hydrogens (tertiary/aromatic N) is 1. The zero-order valence-electron chi connectivity index (χ0n) is 11.3. The first kappa shape index (κ1) is 17.9. The van der Waals surface area contributed by atoms with Gasteiger partial charge in [-0.05, 0) is 13.8 Å². The molecule has 2 saturated heterocycles. The number of sulfone groups is 1. The number of carbonyl (C=O) groups excluding carboxylic acids is 2. The van der Waals surface area contributed by atoms with Crippen LogP contribution in [0.25, 0.3) is 0 Å². The Bertz CT molecular complexity index is 544. The van der Waals surface area contributed by atoms with Crippen molar-refractivity contribution in [2.75, 3.05) is 0 Å². The minimum absolute atomic E-state index is 0. The van der Waals surface area contributed by atoms with Crippen LogP contribution in [0.5, 0.6) is 0 Å². The topological polar surface area (TPSA) is 135 Å². The predicted molar refractivity (Wildman–Crippen MR) is 58.8 cm³/mol. The summed E-state index contributed by atoms with van der Waals surface area (Å²) in [5, 5.41) is 27.5. The van der Waals surface area contributed by atoms with Gasteiger partial charge in [0.2, 0.25) is 5.91 Å². The maximum atomic E-state index is 12.3. The Morgan fingerprint density at radius 1 is 1.45 bits per heavy atom. The van der Waals surface area contributed by atoms with E-state index in [0.717, 1.165) is 4.90 Å². The second-order valence-electron chi connectivity index (χ2n) is 5.33. The van der Waals surface area contributed by atoms with Gasteiger partial charge in [-0.15, -0.1) is 0 Å². The molecule has 0 aromatic carbocycles. The molecular formula is C10H14NNaO7S. The van der Waals surface area contributed by atoms with Crippen LogP contribution in [0.4, 0.5) is 0 Å². The van der Waals surface area contributed by atoms with E-state index in [2.05, 4.69) is 0 Å². The Balaban J connectivity index is 0.00000200. The van der Waals surface area contributed by atoms with Crippen molar-refractivity contribution in [2.45, 2.75) is 42.7 Å². The van der Waals surface area contributed by atoms with Crippen molar-refractivity contribution in [2.24, 2.45) is 5.92 Å². The van der Waals surface area contributed by atoms with Crippen molar-refractivity contribution in [1.82, 2.24) is 4.90 Å². The molecule has 2 heterocycles. The molecule has 10 heteroatoms. The van der Waals surface area contributed by atoms with Crippen LogP contribution in [-0.4, -0.2) is 57.9 Å². The molecule has 2 aliphatic rings. The van der Waals surface area contributed by atoms with Gasteiger partial charge in [0.1, 0.15) is 5.37 Å². The Labute approximate surface area is 138 Å². The summed E-state index contributed by atoms with van der Waals surface area (Å²) in [6, 6.07) is -1.55. The van der Waals surface area contributed by atoms with E-state index in [-0.39, 0.29) is 29.6 Å². The van der Waals surface area contributed by atoms with Gasteiger partial charge in [-0.1, -0.05) is 0 Å². The standard InChI is InChI=1S/C10H15NO7S.Na/c1-10(2)6(9(15)16)11-7(14)4(3-5(12)13)8(11)19(10,17)18;/h4-6,8,12-13H,3H2,1-2H3,(H,15,16);/q;+1/p-1/t4-,6+,8-;/m1./s1. The molecule has 0 aromatic heterocycles. The molecule has 0 spiro atoms. The average Bonchev–Trinajstić information content (AvgIpc) is 2.38. The second-order valence-corrected chi connectivity index (χ2v) is 7.95. The number of carboxylic acid groups (broad SMARTS) is 1. The fourth-order valence-electron chi connectivity index (χ4n) is 2.83. The predicted octanol–water partition coefficient (Wildman–Crippen LogP) is -6.20. The smallest absolute Gasteiger partial charge is 0.548 e. The average molecular weight is 315 g/mol. The second kappa shape index (κ2) is 5.22. The largest absolute Gasteiger partial charge is 1.00 e. The summed E-state index contributed by atoms with van der Waals surface area (Å²) in [7, 11) is -3.93. The van der Waals surface area contributed by atoms with E-state index in [1.807, 2.05) is 0 Å². The third-order valence-electron chi connectivity index (χ3n) is 3.87. The molecule has 1 amide bonds. The molecule has 2 fully saturated rings. The van der Waals surface area contributed by atoms with Crippen LogP contribution in [0, 0.1) is 5.92 Å². The maximum Gasteiger partial charge on any atom is 1.00 e. The molecule has 2 rings (SSSR count). The van der Waals surface area contributed by atoms with E-state index in [4.69, 9.17) is 10.2 Å². The maximum absolute atomic E-state index is 12.3. The third kappa shape index (κ3) is 2.11. The molecule has 0 bridgehead atoms. The fourth-order valence-corrected chi connectivity index (χ4v) is 5.16. The third-order valence-corrected chi connectivity index (χ3v) is 6.75. The number of carboxylic acids is 1. The van der Waals surface area contributed by atoms with Gasteiger partial charge in [-0.3, -0.25) is 4.79 Å². The Hall–Kier alpha value is -0.190. The van der Waals surface area contributed by atoms with Gasteiger partial charge in [0.05, 0.1) is 22.7 Å². The monoisotopic (exact) mass is 315 g/mol. The Morgan fingerprint density at radius 2 is 1.95 bits per heavy atom. The molecule has 0 radical (unpaired) electrons. The zero-order chi connectivity index (χ0) is 14.7. The van der Waals surface area contributed by atoms with Gasteiger partial charge < -0.3 is 25.0 Å². The van der Waals surface area contributed by atoms with E-state index in [9.17, 15) is 23.1 Å². The van der Waals surface area contributed by atoms with E-state index in [0.29, 0.717) is 0 Å². The van der Waals surface area contributed by atoms with Gasteiger partial charge in [0.25, 0.3) is 0 Å². The molecule has 108 valence electrons. The number of hydrogen-bond donors (Lipinski definition) is 2. The van der Waals surface area contributed by atoms with E-state index in [1.54, 1.807) is 0 Å². The van der Waals surface area contributed by atoms with Gasteiger partial charge in [0.15, 0.2) is 16.1 Å². The van der Waals surface area contributed by atoms with E-state index >= 15 is 0 Å². The first-order valence-corrected chi connectivity index (χ1v) is 7.20. The number of β-lactam (4-membered cyclic amide) rings is 1. The van der Waals surface area contributed by atoms with Crippen LogP contribution in [0.1, 0.15) is 20.3 Å². The van der Waals surface area contributed by atoms with Crippen molar-refractivity contribution >= 4 is 21.7 Å². The van der Waals surface area contributed by atoms with E-state index < -0.39 is 56.5 Å². The van der Waals surface area contributed by atoms with Crippen LogP contribution in [0.2, 0.25) is 0 Å². The van der Waals surface area contributed by atoms with Crippen LogP contribution < -0.4 is 34.7 Å². The first-order valence-electron chi connectivity index (χ1n) is 5.66. The molecule has 2 N–H and O–H groups in total. The Kier molecular flexibility index (Phi) is 4.66. The van der Waals surface area contributed by atoms with Crippen molar-refractivity contribution in [3.8, 4) is 0 Å². The fraction of sp³-hybridized carbons (Fsp3) is 0.800. The van der Waals surface area contributed by atoms with Gasteiger partial charge in [-0.2, -0.15) is 0 Å². The number of aliphatic carboxylic acids is 1. The molecule has 20 heavy (non-hydrogen) atoms. The minimum atomic E-state index is -3.93. The summed E-state index contributed by atoms with van der Waals surface area (Å²) < 4.78 is 22.9. The SMILES string of the molecule is CC1(C)[C@H](C(=O)[O-])N2C(=O)[C@@H](CC(O)O)[C@H]2S1(=O)=O.[Na+]. The zero-order valence-corrected chi connectivity index (χ0v) is 14.1. The van der Waals surface area contributed by atoms with Gasteiger partial charge in [-0.25, -0.2) is 8.42 Å². The summed E-state index contributed by atoms with van der Waals surface area (Å²) >= 11 is 0. The number of aliphatic hydroxyl groups is 2. The van der Waals surface area contributed by atoms with Crippen LogP contribution in [0.3, 0.4) is 0 Å². The quantitative estimate of drug-likeness (QED) is 0.300. The number of hydrogen-bond acceptors (Lipinski definition) is 7. The molecule has 8 nitrogen and oxygen atoms in total. The van der Waals surface area contributed by atoms with Crippen LogP contribution in [0.15, 0.2) is 0 Å². The molecule has 0 saturated carbocycles. The minimum Gasteiger partial charge on any atom is -0.548 e. The molecule has 2 aliphatic heterocycles. The molecule has 3 atom stereocenters. The Morgan fingerprint density at radius 3 is 2.35 bits per heavy atom. The number of carbonyl (C=O) groups is 2.